The monoisotopic (exact) mass is 176 g/mol. The van der Waals surface area contributed by atoms with Crippen molar-refractivity contribution < 1.29 is 9.53 Å². The number of nitrogens with two attached hydrogens (primary N) is 1. The molecule has 64 valence electrons. The second-order valence-corrected chi connectivity index (χ2v) is 3.05. The average molecular weight is 176 g/mol. The minimum absolute atomic E-state index is 0.225. The molecule has 0 spiro atoms. The van der Waals surface area contributed by atoms with Gasteiger partial charge in [0.2, 0.25) is 0 Å². The Kier molecular flexibility index (Phi) is 3.25. The van der Waals surface area contributed by atoms with Crippen molar-refractivity contribution in [1.82, 2.24) is 5.32 Å². The third-order valence-corrected chi connectivity index (χ3v) is 1.73. The van der Waals surface area contributed by atoms with Gasteiger partial charge in [0, 0.05) is 0 Å². The number of carbonyl (C=O) groups is 1. The summed E-state index contributed by atoms with van der Waals surface area (Å²) in [5.74, 6) is 0. The summed E-state index contributed by atoms with van der Waals surface area (Å²) in [4.78, 5) is 10.9. The minimum Gasteiger partial charge on any atom is -0.453 e. The predicted octanol–water partition coefficient (Wildman–Crippen LogP) is 0.407. The Morgan fingerprint density at radius 3 is 2.36 bits per heavy atom. The first kappa shape index (κ1) is 10.2. The largest absolute Gasteiger partial charge is 0.453 e. The molecule has 0 aliphatic heterocycles. The quantitative estimate of drug-likeness (QED) is 0.598. The molecule has 3 N–H and O–H groups in total. The summed E-state index contributed by atoms with van der Waals surface area (Å²) in [6, 6.07) is 0. The number of ether oxygens (including phenoxy) is 1. The van der Waals surface area contributed by atoms with Crippen LogP contribution in [0.2, 0.25) is 0 Å². The Bertz CT molecular complexity index is 179. The highest BCUT2D eigenvalue weighted by Crippen LogP contribution is 2.01. The summed E-state index contributed by atoms with van der Waals surface area (Å²) in [5, 5.41) is 2.48. The summed E-state index contributed by atoms with van der Waals surface area (Å²) in [6.07, 6.45) is -0.539. The summed E-state index contributed by atoms with van der Waals surface area (Å²) in [5.41, 5.74) is 4.64. The Morgan fingerprint density at radius 1 is 1.64 bits per heavy atom. The fraction of sp³-hybridized carbons (Fsp3) is 0.667. The van der Waals surface area contributed by atoms with Gasteiger partial charge in [0.1, 0.15) is 0 Å². The van der Waals surface area contributed by atoms with E-state index >= 15 is 0 Å². The van der Waals surface area contributed by atoms with E-state index in [0.717, 1.165) is 0 Å². The number of alkyl carbamates (subject to hydrolysis) is 1. The highest BCUT2D eigenvalue weighted by molar-refractivity contribution is 7.80. The zero-order valence-electron chi connectivity index (χ0n) is 6.80. The van der Waals surface area contributed by atoms with Crippen LogP contribution in [0.15, 0.2) is 0 Å². The normalized spacial score (nSPS) is 10.5. The van der Waals surface area contributed by atoms with Gasteiger partial charge in [-0.05, 0) is 13.8 Å². The van der Waals surface area contributed by atoms with Gasteiger partial charge < -0.3 is 15.8 Å². The van der Waals surface area contributed by atoms with Crippen LogP contribution in [0.25, 0.3) is 0 Å². The molecule has 0 saturated carbocycles. The Morgan fingerprint density at radius 2 is 2.09 bits per heavy atom. The van der Waals surface area contributed by atoms with E-state index in [1.165, 1.54) is 7.11 Å². The van der Waals surface area contributed by atoms with Crippen molar-refractivity contribution in [2.45, 2.75) is 19.4 Å². The zero-order valence-corrected chi connectivity index (χ0v) is 7.62. The van der Waals surface area contributed by atoms with E-state index in [2.05, 4.69) is 10.1 Å². The van der Waals surface area contributed by atoms with E-state index < -0.39 is 11.6 Å². The molecule has 0 aromatic heterocycles. The molecule has 1 amide bonds. The van der Waals surface area contributed by atoms with Crippen molar-refractivity contribution in [1.29, 1.82) is 0 Å². The first-order valence-corrected chi connectivity index (χ1v) is 3.47. The van der Waals surface area contributed by atoms with Crippen molar-refractivity contribution in [3.05, 3.63) is 0 Å². The van der Waals surface area contributed by atoms with E-state index in [1.54, 1.807) is 13.8 Å². The maximum absolute atomic E-state index is 10.7. The topological polar surface area (TPSA) is 64.3 Å². The zero-order chi connectivity index (χ0) is 9.07. The molecule has 0 fully saturated rings. The molecule has 0 aromatic carbocycles. The summed E-state index contributed by atoms with van der Waals surface area (Å²) in [7, 11) is 1.28. The number of rotatable bonds is 2. The first-order valence-electron chi connectivity index (χ1n) is 3.06. The Balaban J connectivity index is 4.12. The SMILES string of the molecule is COC(=O)NC(C)(C)C(N)=S. The lowest BCUT2D eigenvalue weighted by Crippen LogP contribution is -2.52. The molecule has 5 heteroatoms. The molecule has 11 heavy (non-hydrogen) atoms. The van der Waals surface area contributed by atoms with Crippen LogP contribution in [0, 0.1) is 0 Å². The number of hydrogen-bond acceptors (Lipinski definition) is 3. The van der Waals surface area contributed by atoms with Gasteiger partial charge in [-0.2, -0.15) is 0 Å². The standard InChI is InChI=1S/C6H12N2O2S/c1-6(2,4(7)11)8-5(9)10-3/h1-3H3,(H2,7,11)(H,8,9). The molecule has 0 saturated heterocycles. The lowest BCUT2D eigenvalue weighted by Gasteiger charge is -2.23. The first-order chi connectivity index (χ1) is 4.90. The molecule has 0 bridgehead atoms. The van der Waals surface area contributed by atoms with Crippen LogP contribution >= 0.6 is 12.2 Å². The van der Waals surface area contributed by atoms with Crippen LogP contribution < -0.4 is 11.1 Å². The molecule has 0 radical (unpaired) electrons. The van der Waals surface area contributed by atoms with Crippen LogP contribution in [0.5, 0.6) is 0 Å². The summed E-state index contributed by atoms with van der Waals surface area (Å²) < 4.78 is 4.37. The summed E-state index contributed by atoms with van der Waals surface area (Å²) in [6.45, 7) is 3.40. The van der Waals surface area contributed by atoms with Gasteiger partial charge in [-0.25, -0.2) is 4.79 Å². The second-order valence-electron chi connectivity index (χ2n) is 2.61. The number of carbonyl (C=O) groups excluding carboxylic acids is 1. The third-order valence-electron chi connectivity index (χ3n) is 1.22. The van der Waals surface area contributed by atoms with E-state index in [9.17, 15) is 4.79 Å². The highest BCUT2D eigenvalue weighted by Gasteiger charge is 2.23. The van der Waals surface area contributed by atoms with Gasteiger partial charge in [0.15, 0.2) is 0 Å². The van der Waals surface area contributed by atoms with Crippen LogP contribution in [-0.4, -0.2) is 23.7 Å². The van der Waals surface area contributed by atoms with Gasteiger partial charge in [-0.3, -0.25) is 0 Å². The van der Waals surface area contributed by atoms with Crippen LogP contribution in [-0.2, 0) is 4.74 Å². The fourth-order valence-electron chi connectivity index (χ4n) is 0.368. The Hall–Kier alpha value is -0.840. The third kappa shape index (κ3) is 3.18. The molecule has 4 nitrogen and oxygen atoms in total. The predicted molar refractivity (Wildman–Crippen MR) is 46.4 cm³/mol. The lowest BCUT2D eigenvalue weighted by atomic mass is 10.1. The van der Waals surface area contributed by atoms with Crippen molar-refractivity contribution >= 4 is 23.3 Å². The number of thiocarbonyl (C=S) groups is 1. The molecule has 0 aliphatic carbocycles. The molecule has 0 rings (SSSR count). The van der Waals surface area contributed by atoms with Crippen molar-refractivity contribution in [2.24, 2.45) is 5.73 Å². The molecular formula is C6H12N2O2S. The molecule has 0 atom stereocenters. The fourth-order valence-corrected chi connectivity index (χ4v) is 0.419. The molecule has 0 aliphatic rings. The molecule has 0 aromatic rings. The van der Waals surface area contributed by atoms with Gasteiger partial charge in [0.05, 0.1) is 17.6 Å². The van der Waals surface area contributed by atoms with Crippen molar-refractivity contribution in [3.8, 4) is 0 Å². The second kappa shape index (κ2) is 3.52. The Labute approximate surface area is 71.1 Å². The van der Waals surface area contributed by atoms with E-state index in [4.69, 9.17) is 18.0 Å². The van der Waals surface area contributed by atoms with Gasteiger partial charge in [0.25, 0.3) is 0 Å². The van der Waals surface area contributed by atoms with Gasteiger partial charge in [-0.1, -0.05) is 12.2 Å². The van der Waals surface area contributed by atoms with Crippen molar-refractivity contribution in [2.75, 3.05) is 7.11 Å². The van der Waals surface area contributed by atoms with E-state index in [0.29, 0.717) is 0 Å². The number of amides is 1. The molecule has 0 unspecified atom stereocenters. The number of nitrogens with one attached hydrogen (secondary N) is 1. The molecular weight excluding hydrogens is 164 g/mol. The number of hydrogen-bond donors (Lipinski definition) is 2. The van der Waals surface area contributed by atoms with Crippen LogP contribution in [0.3, 0.4) is 0 Å². The molecule has 0 heterocycles. The number of methoxy groups -OCH3 is 1. The minimum atomic E-state index is -0.692. The van der Waals surface area contributed by atoms with Crippen LogP contribution in [0.1, 0.15) is 13.8 Å². The highest BCUT2D eigenvalue weighted by atomic mass is 32.1. The average Bonchev–Trinajstić information content (AvgIpc) is 1.86. The maximum Gasteiger partial charge on any atom is 0.407 e. The van der Waals surface area contributed by atoms with Crippen LogP contribution in [0.4, 0.5) is 4.79 Å². The van der Waals surface area contributed by atoms with Crippen molar-refractivity contribution in [3.63, 3.8) is 0 Å². The van der Waals surface area contributed by atoms with E-state index in [1.807, 2.05) is 0 Å². The van der Waals surface area contributed by atoms with Gasteiger partial charge >= 0.3 is 6.09 Å². The summed E-state index contributed by atoms with van der Waals surface area (Å²) >= 11 is 4.71. The maximum atomic E-state index is 10.7. The van der Waals surface area contributed by atoms with Gasteiger partial charge in [-0.15, -0.1) is 0 Å². The smallest absolute Gasteiger partial charge is 0.407 e. The lowest BCUT2D eigenvalue weighted by molar-refractivity contribution is 0.165. The van der Waals surface area contributed by atoms with E-state index in [-0.39, 0.29) is 4.99 Å².